The number of hydrogen-bond acceptors (Lipinski definition) is 3. The molecule has 0 radical (unpaired) electrons. The number of aromatic nitrogens is 1. The van der Waals surface area contributed by atoms with E-state index in [4.69, 9.17) is 4.98 Å². The highest BCUT2D eigenvalue weighted by Crippen LogP contribution is 2.39. The highest BCUT2D eigenvalue weighted by molar-refractivity contribution is 7.15. The topological polar surface area (TPSA) is 33.1 Å². The minimum Gasteiger partial charge on any atom is -0.385 e. The van der Waals surface area contributed by atoms with E-state index in [9.17, 15) is 5.11 Å². The standard InChI is InChI=1S/C18H25NOS/c1-7-12-8-10-13(11-9-12)16-19-14(17(2,3)4)15(21-16)18(5,6)20/h8-11,20H,7H2,1-6H3. The summed E-state index contributed by atoms with van der Waals surface area (Å²) in [4.78, 5) is 5.79. The molecule has 0 saturated carbocycles. The molecular weight excluding hydrogens is 278 g/mol. The van der Waals surface area contributed by atoms with Gasteiger partial charge in [-0.2, -0.15) is 0 Å². The van der Waals surface area contributed by atoms with Crippen molar-refractivity contribution in [2.75, 3.05) is 0 Å². The monoisotopic (exact) mass is 303 g/mol. The molecule has 1 aromatic heterocycles. The van der Waals surface area contributed by atoms with E-state index in [2.05, 4.69) is 52.0 Å². The van der Waals surface area contributed by atoms with Gasteiger partial charge in [-0.05, 0) is 25.8 Å². The molecule has 0 atom stereocenters. The first kappa shape index (κ1) is 16.2. The zero-order chi connectivity index (χ0) is 15.8. The molecule has 1 heterocycles. The molecule has 2 aromatic rings. The Balaban J connectivity index is 2.53. The van der Waals surface area contributed by atoms with E-state index in [1.54, 1.807) is 11.3 Å². The molecule has 21 heavy (non-hydrogen) atoms. The van der Waals surface area contributed by atoms with Crippen LogP contribution in [0.15, 0.2) is 24.3 Å². The third-order valence-electron chi connectivity index (χ3n) is 3.50. The zero-order valence-electron chi connectivity index (χ0n) is 13.8. The van der Waals surface area contributed by atoms with Crippen LogP contribution in [0.5, 0.6) is 0 Å². The van der Waals surface area contributed by atoms with E-state index in [0.29, 0.717) is 0 Å². The molecule has 3 heteroatoms. The molecule has 1 N–H and O–H groups in total. The van der Waals surface area contributed by atoms with Crippen LogP contribution in [0.4, 0.5) is 0 Å². The Bertz CT molecular complexity index is 581. The van der Waals surface area contributed by atoms with E-state index in [0.717, 1.165) is 27.6 Å². The number of rotatable bonds is 3. The van der Waals surface area contributed by atoms with E-state index in [1.165, 1.54) is 5.56 Å². The molecule has 114 valence electrons. The SMILES string of the molecule is CCc1ccc(-c2nc(C(C)(C)C)c(C(C)(C)O)s2)cc1. The second-order valence-electron chi connectivity index (χ2n) is 7.06. The quantitative estimate of drug-likeness (QED) is 0.875. The third kappa shape index (κ3) is 3.53. The van der Waals surface area contributed by atoms with Gasteiger partial charge in [0.25, 0.3) is 0 Å². The summed E-state index contributed by atoms with van der Waals surface area (Å²) in [6, 6.07) is 8.55. The van der Waals surface area contributed by atoms with Gasteiger partial charge in [-0.15, -0.1) is 11.3 Å². The van der Waals surface area contributed by atoms with Gasteiger partial charge in [0.15, 0.2) is 0 Å². The Labute approximate surface area is 131 Å². The van der Waals surface area contributed by atoms with Crippen molar-refractivity contribution >= 4 is 11.3 Å². The van der Waals surface area contributed by atoms with Crippen LogP contribution in [0.25, 0.3) is 10.6 Å². The normalized spacial score (nSPS) is 12.7. The lowest BCUT2D eigenvalue weighted by atomic mass is 9.88. The van der Waals surface area contributed by atoms with Crippen LogP contribution in [-0.2, 0) is 17.4 Å². The van der Waals surface area contributed by atoms with Crippen LogP contribution < -0.4 is 0 Å². The molecule has 1 aromatic carbocycles. The van der Waals surface area contributed by atoms with Crippen LogP contribution in [0.1, 0.15) is 57.7 Å². The number of nitrogens with zero attached hydrogens (tertiary/aromatic N) is 1. The lowest BCUT2D eigenvalue weighted by Gasteiger charge is -2.23. The summed E-state index contributed by atoms with van der Waals surface area (Å²) in [5.74, 6) is 0. The fourth-order valence-electron chi connectivity index (χ4n) is 2.25. The van der Waals surface area contributed by atoms with Gasteiger partial charge in [-0.3, -0.25) is 0 Å². The van der Waals surface area contributed by atoms with Crippen molar-refractivity contribution in [3.05, 3.63) is 40.4 Å². The molecule has 2 rings (SSSR count). The largest absolute Gasteiger partial charge is 0.385 e. The minimum atomic E-state index is -0.859. The summed E-state index contributed by atoms with van der Waals surface area (Å²) in [5.41, 5.74) is 2.51. The highest BCUT2D eigenvalue weighted by atomic mass is 32.1. The molecule has 0 unspecified atom stereocenters. The molecule has 0 aliphatic carbocycles. The Morgan fingerprint density at radius 2 is 1.62 bits per heavy atom. The summed E-state index contributed by atoms with van der Waals surface area (Å²) in [6.07, 6.45) is 1.04. The fraction of sp³-hybridized carbons (Fsp3) is 0.500. The summed E-state index contributed by atoms with van der Waals surface area (Å²) in [6.45, 7) is 12.2. The average Bonchev–Trinajstić information content (AvgIpc) is 2.84. The third-order valence-corrected chi connectivity index (χ3v) is 4.92. The van der Waals surface area contributed by atoms with Crippen LogP contribution in [-0.4, -0.2) is 10.1 Å². The molecule has 0 spiro atoms. The molecule has 0 amide bonds. The lowest BCUT2D eigenvalue weighted by molar-refractivity contribution is 0.0803. The van der Waals surface area contributed by atoms with Crippen molar-refractivity contribution in [3.63, 3.8) is 0 Å². The molecule has 0 fully saturated rings. The van der Waals surface area contributed by atoms with Crippen molar-refractivity contribution < 1.29 is 5.11 Å². The Hall–Kier alpha value is -1.19. The zero-order valence-corrected chi connectivity index (χ0v) is 14.6. The van der Waals surface area contributed by atoms with E-state index in [1.807, 2.05) is 13.8 Å². The second-order valence-corrected chi connectivity index (χ2v) is 8.06. The van der Waals surface area contributed by atoms with Crippen molar-refractivity contribution in [2.24, 2.45) is 0 Å². The maximum Gasteiger partial charge on any atom is 0.124 e. The van der Waals surface area contributed by atoms with Crippen molar-refractivity contribution in [1.29, 1.82) is 0 Å². The fourth-order valence-corrected chi connectivity index (χ4v) is 3.53. The first-order chi connectivity index (χ1) is 9.63. The molecule has 2 nitrogen and oxygen atoms in total. The number of hydrogen-bond donors (Lipinski definition) is 1. The predicted octanol–water partition coefficient (Wildman–Crippen LogP) is 4.90. The van der Waals surface area contributed by atoms with Gasteiger partial charge in [0.2, 0.25) is 0 Å². The van der Waals surface area contributed by atoms with Crippen LogP contribution >= 0.6 is 11.3 Å². The predicted molar refractivity (Wildman–Crippen MR) is 90.9 cm³/mol. The molecule has 0 saturated heterocycles. The first-order valence-corrected chi connectivity index (χ1v) is 8.28. The summed E-state index contributed by atoms with van der Waals surface area (Å²) in [7, 11) is 0. The maximum atomic E-state index is 10.4. The molecule has 0 aliphatic heterocycles. The number of aliphatic hydroxyl groups is 1. The maximum absolute atomic E-state index is 10.4. The van der Waals surface area contributed by atoms with Gasteiger partial charge in [0.05, 0.1) is 16.2 Å². The Morgan fingerprint density at radius 1 is 1.05 bits per heavy atom. The smallest absolute Gasteiger partial charge is 0.124 e. The van der Waals surface area contributed by atoms with Gasteiger partial charge < -0.3 is 5.11 Å². The van der Waals surface area contributed by atoms with Crippen molar-refractivity contribution in [1.82, 2.24) is 4.98 Å². The summed E-state index contributed by atoms with van der Waals surface area (Å²) < 4.78 is 0. The molecular formula is C18H25NOS. The lowest BCUT2D eigenvalue weighted by Crippen LogP contribution is -2.22. The Morgan fingerprint density at radius 3 is 2.00 bits per heavy atom. The molecule has 0 bridgehead atoms. The van der Waals surface area contributed by atoms with Gasteiger partial charge in [-0.1, -0.05) is 52.0 Å². The summed E-state index contributed by atoms with van der Waals surface area (Å²) >= 11 is 1.60. The number of benzene rings is 1. The van der Waals surface area contributed by atoms with E-state index in [-0.39, 0.29) is 5.41 Å². The van der Waals surface area contributed by atoms with Gasteiger partial charge in [-0.25, -0.2) is 4.98 Å². The highest BCUT2D eigenvalue weighted by Gasteiger charge is 2.31. The van der Waals surface area contributed by atoms with Crippen LogP contribution in [0.2, 0.25) is 0 Å². The molecule has 0 aliphatic rings. The van der Waals surface area contributed by atoms with Gasteiger partial charge in [0.1, 0.15) is 5.01 Å². The minimum absolute atomic E-state index is 0.0759. The summed E-state index contributed by atoms with van der Waals surface area (Å²) in [5, 5.41) is 11.4. The number of aryl methyl sites for hydroxylation is 1. The van der Waals surface area contributed by atoms with Gasteiger partial charge >= 0.3 is 0 Å². The van der Waals surface area contributed by atoms with Crippen LogP contribution in [0.3, 0.4) is 0 Å². The van der Waals surface area contributed by atoms with Crippen molar-refractivity contribution in [2.45, 2.75) is 59.0 Å². The second kappa shape index (κ2) is 5.54. The van der Waals surface area contributed by atoms with E-state index < -0.39 is 5.60 Å². The van der Waals surface area contributed by atoms with Gasteiger partial charge in [0, 0.05) is 11.0 Å². The van der Waals surface area contributed by atoms with Crippen LogP contribution in [0, 0.1) is 0 Å². The Kier molecular flexibility index (Phi) is 4.27. The first-order valence-electron chi connectivity index (χ1n) is 7.46. The number of thiazole rings is 1. The van der Waals surface area contributed by atoms with E-state index >= 15 is 0 Å². The average molecular weight is 303 g/mol. The van der Waals surface area contributed by atoms with Crippen molar-refractivity contribution in [3.8, 4) is 10.6 Å².